The molecule has 2 N–H and O–H groups in total. The highest BCUT2D eigenvalue weighted by atomic mass is 35.5. The van der Waals surface area contributed by atoms with Crippen LogP contribution in [0.15, 0.2) is 48.5 Å². The van der Waals surface area contributed by atoms with E-state index in [1.54, 1.807) is 32.3 Å². The summed E-state index contributed by atoms with van der Waals surface area (Å²) in [6, 6.07) is 14.1. The summed E-state index contributed by atoms with van der Waals surface area (Å²) in [4.78, 5) is 25.2. The number of anilines is 1. The molecular formula is C17H18ClN3O2. The summed E-state index contributed by atoms with van der Waals surface area (Å²) in [7, 11) is 3.31. The molecule has 0 saturated carbocycles. The standard InChI is InChI=1S/C17H18ClN3O2/c1-21(2)16(22)14-9-8-13(10-15(14)18)20-17(23)19-11-12-6-4-3-5-7-12/h3-10H,11H2,1-2H3,(H2,19,20,23). The molecule has 0 fully saturated rings. The smallest absolute Gasteiger partial charge is 0.319 e. The van der Waals surface area contributed by atoms with E-state index >= 15 is 0 Å². The number of carbonyl (C=O) groups excluding carboxylic acids is 2. The molecule has 120 valence electrons. The van der Waals surface area contributed by atoms with E-state index in [9.17, 15) is 9.59 Å². The average Bonchev–Trinajstić information content (AvgIpc) is 2.53. The number of hydrogen-bond donors (Lipinski definition) is 2. The fraction of sp³-hybridized carbons (Fsp3) is 0.176. The summed E-state index contributed by atoms with van der Waals surface area (Å²) in [6.45, 7) is 0.428. The van der Waals surface area contributed by atoms with E-state index in [0.717, 1.165) is 5.56 Å². The van der Waals surface area contributed by atoms with Crippen LogP contribution < -0.4 is 10.6 Å². The lowest BCUT2D eigenvalue weighted by Crippen LogP contribution is -2.28. The van der Waals surface area contributed by atoms with Crippen molar-refractivity contribution in [2.24, 2.45) is 0 Å². The van der Waals surface area contributed by atoms with Crippen molar-refractivity contribution in [1.29, 1.82) is 0 Å². The van der Waals surface area contributed by atoms with Gasteiger partial charge in [0.2, 0.25) is 0 Å². The van der Waals surface area contributed by atoms with Crippen molar-refractivity contribution in [2.75, 3.05) is 19.4 Å². The lowest BCUT2D eigenvalue weighted by molar-refractivity contribution is 0.0828. The molecule has 0 saturated heterocycles. The molecule has 3 amide bonds. The largest absolute Gasteiger partial charge is 0.345 e. The van der Waals surface area contributed by atoms with E-state index in [1.807, 2.05) is 30.3 Å². The summed E-state index contributed by atoms with van der Waals surface area (Å²) in [6.07, 6.45) is 0. The van der Waals surface area contributed by atoms with Gasteiger partial charge < -0.3 is 15.5 Å². The van der Waals surface area contributed by atoms with Crippen LogP contribution in [0.1, 0.15) is 15.9 Å². The highest BCUT2D eigenvalue weighted by Crippen LogP contribution is 2.22. The van der Waals surface area contributed by atoms with Gasteiger partial charge in [-0.05, 0) is 23.8 Å². The molecule has 0 aromatic heterocycles. The van der Waals surface area contributed by atoms with Gasteiger partial charge in [0, 0.05) is 26.3 Å². The van der Waals surface area contributed by atoms with Gasteiger partial charge in [-0.2, -0.15) is 0 Å². The second kappa shape index (κ2) is 7.65. The van der Waals surface area contributed by atoms with Crippen LogP contribution in [0.2, 0.25) is 5.02 Å². The van der Waals surface area contributed by atoms with E-state index in [2.05, 4.69) is 10.6 Å². The number of carbonyl (C=O) groups is 2. The molecule has 0 bridgehead atoms. The number of benzene rings is 2. The molecule has 0 heterocycles. The average molecular weight is 332 g/mol. The molecular weight excluding hydrogens is 314 g/mol. The summed E-state index contributed by atoms with van der Waals surface area (Å²) in [5, 5.41) is 5.74. The molecule has 0 radical (unpaired) electrons. The number of nitrogens with one attached hydrogen (secondary N) is 2. The third-order valence-corrected chi connectivity index (χ3v) is 3.47. The summed E-state index contributed by atoms with van der Waals surface area (Å²) in [5.74, 6) is -0.185. The summed E-state index contributed by atoms with van der Waals surface area (Å²) >= 11 is 6.11. The predicted octanol–water partition coefficient (Wildman–Crippen LogP) is 3.36. The molecule has 0 unspecified atom stereocenters. The fourth-order valence-corrected chi connectivity index (χ4v) is 2.22. The van der Waals surface area contributed by atoms with Crippen molar-refractivity contribution in [3.05, 3.63) is 64.7 Å². The maximum absolute atomic E-state index is 11.9. The number of hydrogen-bond acceptors (Lipinski definition) is 2. The van der Waals surface area contributed by atoms with Crippen molar-refractivity contribution >= 4 is 29.2 Å². The third kappa shape index (κ3) is 4.72. The fourth-order valence-electron chi connectivity index (χ4n) is 1.96. The summed E-state index contributed by atoms with van der Waals surface area (Å²) in [5.41, 5.74) is 1.93. The molecule has 0 aliphatic carbocycles. The first-order chi connectivity index (χ1) is 11.0. The molecule has 0 aliphatic rings. The van der Waals surface area contributed by atoms with Gasteiger partial charge in [-0.15, -0.1) is 0 Å². The van der Waals surface area contributed by atoms with Gasteiger partial charge in [0.15, 0.2) is 0 Å². The van der Waals surface area contributed by atoms with E-state index in [4.69, 9.17) is 11.6 Å². The Morgan fingerprint density at radius 3 is 2.39 bits per heavy atom. The first-order valence-electron chi connectivity index (χ1n) is 7.07. The SMILES string of the molecule is CN(C)C(=O)c1ccc(NC(=O)NCc2ccccc2)cc1Cl. The van der Waals surface area contributed by atoms with Crippen molar-refractivity contribution in [3.63, 3.8) is 0 Å². The van der Waals surface area contributed by atoms with Crippen molar-refractivity contribution in [3.8, 4) is 0 Å². The first-order valence-corrected chi connectivity index (χ1v) is 7.45. The Kier molecular flexibility index (Phi) is 5.60. The van der Waals surface area contributed by atoms with Gasteiger partial charge in [-0.25, -0.2) is 4.79 Å². The van der Waals surface area contributed by atoms with Crippen LogP contribution >= 0.6 is 11.6 Å². The molecule has 0 spiro atoms. The number of halogens is 1. The second-order valence-electron chi connectivity index (χ2n) is 5.19. The minimum Gasteiger partial charge on any atom is -0.345 e. The molecule has 5 nitrogen and oxygen atoms in total. The van der Waals surface area contributed by atoms with Crippen LogP contribution in [-0.2, 0) is 6.54 Å². The first kappa shape index (κ1) is 16.8. The van der Waals surface area contributed by atoms with Gasteiger partial charge in [-0.3, -0.25) is 4.79 Å². The van der Waals surface area contributed by atoms with Crippen molar-refractivity contribution in [2.45, 2.75) is 6.54 Å². The topological polar surface area (TPSA) is 61.4 Å². The molecule has 6 heteroatoms. The van der Waals surface area contributed by atoms with Crippen molar-refractivity contribution in [1.82, 2.24) is 10.2 Å². The monoisotopic (exact) mass is 331 g/mol. The Balaban J connectivity index is 1.96. The minimum atomic E-state index is -0.336. The molecule has 2 rings (SSSR count). The molecule has 23 heavy (non-hydrogen) atoms. The van der Waals surface area contributed by atoms with Crippen LogP contribution in [0, 0.1) is 0 Å². The van der Waals surface area contributed by atoms with Crippen LogP contribution in [-0.4, -0.2) is 30.9 Å². The molecule has 2 aromatic carbocycles. The van der Waals surface area contributed by atoms with Gasteiger partial charge in [0.1, 0.15) is 0 Å². The van der Waals surface area contributed by atoms with Gasteiger partial charge >= 0.3 is 6.03 Å². The van der Waals surface area contributed by atoms with Crippen LogP contribution in [0.5, 0.6) is 0 Å². The zero-order valence-electron chi connectivity index (χ0n) is 13.0. The second-order valence-corrected chi connectivity index (χ2v) is 5.59. The summed E-state index contributed by atoms with van der Waals surface area (Å²) < 4.78 is 0. The Labute approximate surface area is 140 Å². The number of rotatable bonds is 4. The lowest BCUT2D eigenvalue weighted by Gasteiger charge is -2.13. The lowest BCUT2D eigenvalue weighted by atomic mass is 10.2. The van der Waals surface area contributed by atoms with E-state index in [1.165, 1.54) is 4.90 Å². The Morgan fingerprint density at radius 2 is 1.78 bits per heavy atom. The van der Waals surface area contributed by atoms with Crippen LogP contribution in [0.25, 0.3) is 0 Å². The van der Waals surface area contributed by atoms with Crippen LogP contribution in [0.4, 0.5) is 10.5 Å². The number of nitrogens with zero attached hydrogens (tertiary/aromatic N) is 1. The Hall–Kier alpha value is -2.53. The Bertz CT molecular complexity index is 702. The highest BCUT2D eigenvalue weighted by Gasteiger charge is 2.13. The maximum atomic E-state index is 11.9. The van der Waals surface area contributed by atoms with E-state index < -0.39 is 0 Å². The van der Waals surface area contributed by atoms with E-state index in [-0.39, 0.29) is 11.9 Å². The zero-order valence-corrected chi connectivity index (χ0v) is 13.7. The highest BCUT2D eigenvalue weighted by molar-refractivity contribution is 6.34. The van der Waals surface area contributed by atoms with Gasteiger partial charge in [-0.1, -0.05) is 41.9 Å². The number of urea groups is 1. The Morgan fingerprint density at radius 1 is 1.09 bits per heavy atom. The van der Waals surface area contributed by atoms with Crippen LogP contribution in [0.3, 0.4) is 0 Å². The van der Waals surface area contributed by atoms with Gasteiger partial charge in [0.05, 0.1) is 10.6 Å². The number of amides is 3. The zero-order chi connectivity index (χ0) is 16.8. The molecule has 2 aromatic rings. The molecule has 0 aliphatic heterocycles. The minimum absolute atomic E-state index is 0.185. The van der Waals surface area contributed by atoms with E-state index in [0.29, 0.717) is 22.8 Å². The maximum Gasteiger partial charge on any atom is 0.319 e. The quantitative estimate of drug-likeness (QED) is 0.902. The normalized spacial score (nSPS) is 10.0. The predicted molar refractivity (Wildman–Crippen MR) is 91.8 cm³/mol. The van der Waals surface area contributed by atoms with Crippen molar-refractivity contribution < 1.29 is 9.59 Å². The molecule has 0 atom stereocenters. The van der Waals surface area contributed by atoms with Gasteiger partial charge in [0.25, 0.3) is 5.91 Å². The third-order valence-electron chi connectivity index (χ3n) is 3.16.